The van der Waals surface area contributed by atoms with Crippen molar-refractivity contribution in [1.82, 2.24) is 9.78 Å². The monoisotopic (exact) mass is 401 g/mol. The minimum absolute atomic E-state index is 0.0693. The fourth-order valence-electron chi connectivity index (χ4n) is 3.48. The number of esters is 1. The van der Waals surface area contributed by atoms with Crippen LogP contribution in [-0.4, -0.2) is 28.3 Å². The van der Waals surface area contributed by atoms with E-state index in [2.05, 4.69) is 17.0 Å². The molecule has 29 heavy (non-hydrogen) atoms. The molecule has 2 heterocycles. The lowest BCUT2D eigenvalue weighted by atomic mass is 10.00. The molecular weight excluding hydrogens is 387 g/mol. The van der Waals surface area contributed by atoms with Crippen LogP contribution in [0, 0.1) is 0 Å². The van der Waals surface area contributed by atoms with Crippen molar-refractivity contribution >= 4 is 34.4 Å². The summed E-state index contributed by atoms with van der Waals surface area (Å²) < 4.78 is 47.1. The van der Waals surface area contributed by atoms with Gasteiger partial charge >= 0.3 is 12.1 Å². The van der Waals surface area contributed by atoms with Crippen LogP contribution in [0.15, 0.2) is 37.0 Å². The van der Waals surface area contributed by atoms with Crippen LogP contribution >= 0.6 is 0 Å². The van der Waals surface area contributed by atoms with Gasteiger partial charge in [-0.15, -0.1) is 0 Å². The van der Waals surface area contributed by atoms with Gasteiger partial charge in [0.25, 0.3) is 5.91 Å². The molecule has 1 N–H and O–H groups in total. The number of rotatable bonds is 4. The number of amides is 1. The highest BCUT2D eigenvalue weighted by molar-refractivity contribution is 6.26. The maximum Gasteiger partial charge on any atom is 0.434 e. The van der Waals surface area contributed by atoms with Gasteiger partial charge in [-0.2, -0.15) is 18.3 Å². The number of carbonyl (C=O) groups is 2. The van der Waals surface area contributed by atoms with Gasteiger partial charge < -0.3 is 10.1 Å². The van der Waals surface area contributed by atoms with E-state index in [4.69, 9.17) is 4.74 Å². The molecule has 0 saturated carbocycles. The summed E-state index contributed by atoms with van der Waals surface area (Å²) in [4.78, 5) is 24.3. The molecule has 1 aliphatic heterocycles. The van der Waals surface area contributed by atoms with Gasteiger partial charge in [0.2, 0.25) is 0 Å². The van der Waals surface area contributed by atoms with Crippen LogP contribution < -0.4 is 5.32 Å². The first-order valence-corrected chi connectivity index (χ1v) is 8.64. The van der Waals surface area contributed by atoms with E-state index in [1.807, 2.05) is 0 Å². The summed E-state index contributed by atoms with van der Waals surface area (Å²) in [5.74, 6) is -1.47. The fraction of sp³-hybridized carbons (Fsp3) is 0.150. The summed E-state index contributed by atoms with van der Waals surface area (Å²) in [6.45, 7) is 5.11. The molecule has 3 aromatic rings. The smallest absolute Gasteiger partial charge is 0.434 e. The highest BCUT2D eigenvalue weighted by Gasteiger charge is 2.41. The van der Waals surface area contributed by atoms with Gasteiger partial charge in [0.1, 0.15) is 5.56 Å². The van der Waals surface area contributed by atoms with Crippen molar-refractivity contribution in [3.05, 3.63) is 59.4 Å². The van der Waals surface area contributed by atoms with Crippen molar-refractivity contribution in [3.63, 3.8) is 0 Å². The largest absolute Gasteiger partial charge is 0.462 e. The third-order valence-electron chi connectivity index (χ3n) is 4.64. The van der Waals surface area contributed by atoms with E-state index >= 15 is 0 Å². The van der Waals surface area contributed by atoms with Crippen molar-refractivity contribution in [3.8, 4) is 5.69 Å². The van der Waals surface area contributed by atoms with Crippen molar-refractivity contribution < 1.29 is 27.5 Å². The lowest BCUT2D eigenvalue weighted by molar-refractivity contribution is -0.143. The molecule has 0 bridgehead atoms. The summed E-state index contributed by atoms with van der Waals surface area (Å²) in [5.41, 5.74) is -0.604. The normalized spacial score (nSPS) is 12.9. The molecule has 6 nitrogen and oxygen atoms in total. The van der Waals surface area contributed by atoms with E-state index in [1.165, 1.54) is 19.1 Å². The number of nitrogens with one attached hydrogen (secondary N) is 1. The third kappa shape index (κ3) is 2.77. The first-order chi connectivity index (χ1) is 13.8. The van der Waals surface area contributed by atoms with Crippen LogP contribution in [0.3, 0.4) is 0 Å². The summed E-state index contributed by atoms with van der Waals surface area (Å²) >= 11 is 0. The number of anilines is 1. The second kappa shape index (κ2) is 6.47. The molecule has 1 amide bonds. The van der Waals surface area contributed by atoms with Crippen molar-refractivity contribution in [1.29, 1.82) is 0 Å². The first kappa shape index (κ1) is 18.7. The zero-order chi connectivity index (χ0) is 20.9. The Labute approximate surface area is 162 Å². The Morgan fingerprint density at radius 2 is 2.14 bits per heavy atom. The molecule has 0 radical (unpaired) electrons. The van der Waals surface area contributed by atoms with Crippen LogP contribution in [-0.2, 0) is 10.9 Å². The summed E-state index contributed by atoms with van der Waals surface area (Å²) in [7, 11) is 0. The molecule has 1 aromatic heterocycles. The van der Waals surface area contributed by atoms with Crippen LogP contribution in [0.4, 0.5) is 18.9 Å². The number of hydrogen-bond acceptors (Lipinski definition) is 4. The molecule has 0 fully saturated rings. The Kier molecular flexibility index (Phi) is 4.18. The predicted octanol–water partition coefficient (Wildman–Crippen LogP) is 4.43. The summed E-state index contributed by atoms with van der Waals surface area (Å²) in [6, 6.07) is 6.20. The highest BCUT2D eigenvalue weighted by Crippen LogP contribution is 2.42. The van der Waals surface area contributed by atoms with Gasteiger partial charge in [-0.3, -0.25) is 4.79 Å². The number of aromatic nitrogens is 2. The Hall–Kier alpha value is -3.62. The quantitative estimate of drug-likeness (QED) is 0.657. The molecule has 9 heteroatoms. The molecule has 148 valence electrons. The summed E-state index contributed by atoms with van der Waals surface area (Å²) in [6.07, 6.45) is -2.60. The Bertz CT molecular complexity index is 1200. The van der Waals surface area contributed by atoms with Gasteiger partial charge in [-0.1, -0.05) is 24.8 Å². The van der Waals surface area contributed by atoms with E-state index in [-0.39, 0.29) is 18.2 Å². The van der Waals surface area contributed by atoms with Crippen LogP contribution in [0.2, 0.25) is 0 Å². The number of hydrogen-bond donors (Lipinski definition) is 1. The topological polar surface area (TPSA) is 73.2 Å². The number of ether oxygens (including phenoxy) is 1. The van der Waals surface area contributed by atoms with E-state index in [9.17, 15) is 22.8 Å². The van der Waals surface area contributed by atoms with E-state index in [0.717, 1.165) is 6.20 Å². The number of nitrogens with zero attached hydrogens (tertiary/aromatic N) is 2. The molecule has 0 aliphatic carbocycles. The van der Waals surface area contributed by atoms with Crippen LogP contribution in [0.1, 0.15) is 38.9 Å². The Balaban J connectivity index is 2.07. The maximum atomic E-state index is 13.9. The molecule has 0 unspecified atom stereocenters. The Morgan fingerprint density at radius 1 is 1.38 bits per heavy atom. The minimum atomic E-state index is -4.87. The maximum absolute atomic E-state index is 13.9. The fourth-order valence-corrected chi connectivity index (χ4v) is 3.48. The van der Waals surface area contributed by atoms with Crippen LogP contribution in [0.5, 0.6) is 0 Å². The second-order valence-electron chi connectivity index (χ2n) is 6.28. The zero-order valence-corrected chi connectivity index (χ0v) is 15.1. The lowest BCUT2D eigenvalue weighted by Crippen LogP contribution is -2.18. The average molecular weight is 401 g/mol. The van der Waals surface area contributed by atoms with Crippen molar-refractivity contribution in [2.24, 2.45) is 0 Å². The van der Waals surface area contributed by atoms with Gasteiger partial charge in [-0.25, -0.2) is 9.48 Å². The van der Waals surface area contributed by atoms with Crippen molar-refractivity contribution in [2.45, 2.75) is 13.1 Å². The van der Waals surface area contributed by atoms with Gasteiger partial charge in [0.15, 0.2) is 5.69 Å². The number of halogens is 3. The van der Waals surface area contributed by atoms with Gasteiger partial charge in [0, 0.05) is 21.9 Å². The standard InChI is InChI=1S/C20H14F3N3O3/c1-3-10-8-14(11-6-5-7-12-15(11)16(10)25-18(12)27)26-17(20(21,22)23)13(9-24-26)19(28)29-4-2/h3,5-9H,1,4H2,2H3,(H,25,27). The molecule has 2 aromatic carbocycles. The van der Waals surface area contributed by atoms with Crippen LogP contribution in [0.25, 0.3) is 22.5 Å². The van der Waals surface area contributed by atoms with E-state index < -0.39 is 23.4 Å². The molecular formula is C20H14F3N3O3. The van der Waals surface area contributed by atoms with Crippen molar-refractivity contribution in [2.75, 3.05) is 11.9 Å². The number of carbonyl (C=O) groups excluding carboxylic acids is 2. The lowest BCUT2D eigenvalue weighted by Gasteiger charge is -2.16. The average Bonchev–Trinajstić information content (AvgIpc) is 3.26. The third-order valence-corrected chi connectivity index (χ3v) is 4.64. The summed E-state index contributed by atoms with van der Waals surface area (Å²) in [5, 5.41) is 7.41. The van der Waals surface area contributed by atoms with Gasteiger partial charge in [0.05, 0.1) is 24.2 Å². The predicted molar refractivity (Wildman–Crippen MR) is 100 cm³/mol. The molecule has 1 aliphatic rings. The molecule has 0 spiro atoms. The number of alkyl halides is 3. The van der Waals surface area contributed by atoms with E-state index in [1.54, 1.807) is 18.2 Å². The number of benzene rings is 2. The van der Waals surface area contributed by atoms with E-state index in [0.29, 0.717) is 32.3 Å². The minimum Gasteiger partial charge on any atom is -0.462 e. The highest BCUT2D eigenvalue weighted by atomic mass is 19.4. The first-order valence-electron chi connectivity index (χ1n) is 8.64. The van der Waals surface area contributed by atoms with Gasteiger partial charge in [-0.05, 0) is 19.1 Å². The SMILES string of the molecule is C=Cc1cc(-n2ncc(C(=O)OCC)c2C(F)(F)F)c2cccc3c2c1NC3=O. The molecule has 4 rings (SSSR count). The Morgan fingerprint density at radius 3 is 2.79 bits per heavy atom. The zero-order valence-electron chi connectivity index (χ0n) is 15.1. The molecule has 0 saturated heterocycles. The molecule has 0 atom stereocenters. The second-order valence-corrected chi connectivity index (χ2v) is 6.28.